The van der Waals surface area contributed by atoms with Crippen LogP contribution in [0.25, 0.3) is 45.2 Å². The summed E-state index contributed by atoms with van der Waals surface area (Å²) in [6, 6.07) is 12.9. The number of aliphatic hydroxyl groups is 1. The maximum absolute atomic E-state index is 14.4. The van der Waals surface area contributed by atoms with Crippen molar-refractivity contribution in [2.75, 3.05) is 6.54 Å². The number of halogens is 1. The van der Waals surface area contributed by atoms with E-state index in [9.17, 15) is 9.50 Å². The van der Waals surface area contributed by atoms with E-state index in [-0.39, 0.29) is 5.82 Å². The fourth-order valence-corrected chi connectivity index (χ4v) is 5.57. The van der Waals surface area contributed by atoms with Crippen LogP contribution in [0.4, 0.5) is 4.39 Å². The van der Waals surface area contributed by atoms with Crippen molar-refractivity contribution in [3.8, 4) is 34.1 Å². The summed E-state index contributed by atoms with van der Waals surface area (Å²) in [5.41, 5.74) is 7.08. The Hall–Kier alpha value is -3.95. The first-order chi connectivity index (χ1) is 19.3. The van der Waals surface area contributed by atoms with Crippen molar-refractivity contribution in [1.29, 1.82) is 0 Å². The Bertz CT molecular complexity index is 1730. The smallest absolute Gasteiger partial charge is 0.246 e. The average Bonchev–Trinajstić information content (AvgIpc) is 3.54. The standard InChI is InChI=1S/C31H31FN6O2/c1-18-10-19(15-33-16-31(39)8-3-9-31)11-26-28(18)40-30(36-26)27-13-21(12-25(35-27)20-4-5-20)23-7-6-22(32)14-24(23)29-37-34-17-38(29)2/h6-7,10-14,17,20,33,39H,3-5,8-9,15-16H2,1-2H3. The summed E-state index contributed by atoms with van der Waals surface area (Å²) in [7, 11) is 1.84. The van der Waals surface area contributed by atoms with Gasteiger partial charge in [-0.05, 0) is 91.6 Å². The minimum atomic E-state index is -0.562. The Kier molecular flexibility index (Phi) is 6.01. The molecule has 2 aliphatic rings. The monoisotopic (exact) mass is 538 g/mol. The first kappa shape index (κ1) is 25.0. The molecule has 3 aromatic heterocycles. The molecular weight excluding hydrogens is 507 g/mol. The van der Waals surface area contributed by atoms with Gasteiger partial charge in [0.1, 0.15) is 23.4 Å². The molecule has 5 aromatic rings. The lowest BCUT2D eigenvalue weighted by Gasteiger charge is -2.36. The lowest BCUT2D eigenvalue weighted by molar-refractivity contribution is -0.0314. The largest absolute Gasteiger partial charge is 0.434 e. The van der Waals surface area contributed by atoms with E-state index in [1.54, 1.807) is 17.0 Å². The van der Waals surface area contributed by atoms with Crippen LogP contribution < -0.4 is 5.32 Å². The minimum Gasteiger partial charge on any atom is -0.434 e. The van der Waals surface area contributed by atoms with Gasteiger partial charge >= 0.3 is 0 Å². The van der Waals surface area contributed by atoms with Crippen molar-refractivity contribution in [2.24, 2.45) is 7.05 Å². The molecule has 0 spiro atoms. The van der Waals surface area contributed by atoms with Crippen LogP contribution >= 0.6 is 0 Å². The highest BCUT2D eigenvalue weighted by molar-refractivity contribution is 5.84. The Balaban J connectivity index is 1.26. The lowest BCUT2D eigenvalue weighted by Crippen LogP contribution is -2.45. The van der Waals surface area contributed by atoms with Crippen LogP contribution in [-0.2, 0) is 13.6 Å². The SMILES string of the molecule is Cc1cc(CNCC2(O)CCC2)cc2nc(-c3cc(-c4ccc(F)cc4-c4nncn4C)cc(C4CC4)n3)oc12. The van der Waals surface area contributed by atoms with Crippen molar-refractivity contribution < 1.29 is 13.9 Å². The average molecular weight is 539 g/mol. The highest BCUT2D eigenvalue weighted by Crippen LogP contribution is 2.43. The van der Waals surface area contributed by atoms with Crippen LogP contribution in [0.3, 0.4) is 0 Å². The van der Waals surface area contributed by atoms with E-state index in [1.807, 2.05) is 26.1 Å². The number of nitrogens with one attached hydrogen (secondary N) is 1. The molecule has 0 aliphatic heterocycles. The normalized spacial score (nSPS) is 16.4. The molecule has 0 amide bonds. The van der Waals surface area contributed by atoms with E-state index in [0.717, 1.165) is 71.2 Å². The van der Waals surface area contributed by atoms with Crippen LogP contribution in [-0.4, -0.2) is 42.0 Å². The van der Waals surface area contributed by atoms with E-state index in [2.05, 4.69) is 27.6 Å². The third kappa shape index (κ3) is 4.69. The first-order valence-corrected chi connectivity index (χ1v) is 13.9. The molecule has 0 radical (unpaired) electrons. The van der Waals surface area contributed by atoms with E-state index < -0.39 is 5.60 Å². The van der Waals surface area contributed by atoms with Gasteiger partial charge in [0, 0.05) is 37.3 Å². The maximum Gasteiger partial charge on any atom is 0.246 e. The second-order valence-corrected chi connectivity index (χ2v) is 11.4. The molecule has 40 heavy (non-hydrogen) atoms. The van der Waals surface area contributed by atoms with Crippen LogP contribution in [0.1, 0.15) is 54.8 Å². The molecule has 204 valence electrons. The molecule has 2 aliphatic carbocycles. The van der Waals surface area contributed by atoms with Crippen LogP contribution in [0.2, 0.25) is 0 Å². The van der Waals surface area contributed by atoms with Crippen molar-refractivity contribution in [3.63, 3.8) is 0 Å². The number of nitrogens with zero attached hydrogens (tertiary/aromatic N) is 5. The number of hydrogen-bond donors (Lipinski definition) is 2. The minimum absolute atomic E-state index is 0.333. The van der Waals surface area contributed by atoms with Crippen molar-refractivity contribution in [3.05, 3.63) is 71.4 Å². The highest BCUT2D eigenvalue weighted by Gasteiger charge is 2.33. The quantitative estimate of drug-likeness (QED) is 0.262. The molecule has 7 rings (SSSR count). The number of rotatable bonds is 8. The Morgan fingerprint density at radius 1 is 1.10 bits per heavy atom. The van der Waals surface area contributed by atoms with Crippen LogP contribution in [0.15, 0.2) is 53.2 Å². The molecule has 0 unspecified atom stereocenters. The fourth-order valence-electron chi connectivity index (χ4n) is 5.57. The number of fused-ring (bicyclic) bond motifs is 1. The summed E-state index contributed by atoms with van der Waals surface area (Å²) in [5, 5.41) is 22.0. The topological polar surface area (TPSA) is 102 Å². The van der Waals surface area contributed by atoms with Gasteiger partial charge in [0.2, 0.25) is 5.89 Å². The molecule has 0 atom stereocenters. The zero-order chi connectivity index (χ0) is 27.4. The summed E-state index contributed by atoms with van der Waals surface area (Å²) in [6.07, 6.45) is 6.60. The van der Waals surface area contributed by atoms with E-state index in [0.29, 0.717) is 42.0 Å². The molecule has 9 heteroatoms. The van der Waals surface area contributed by atoms with Crippen LogP contribution in [0, 0.1) is 12.7 Å². The molecule has 3 heterocycles. The Labute approximate surface area is 231 Å². The lowest BCUT2D eigenvalue weighted by atomic mass is 9.80. The molecule has 0 bridgehead atoms. The number of pyridine rings is 1. The van der Waals surface area contributed by atoms with E-state index in [1.165, 1.54) is 12.1 Å². The van der Waals surface area contributed by atoms with E-state index >= 15 is 0 Å². The second-order valence-electron chi connectivity index (χ2n) is 11.4. The van der Waals surface area contributed by atoms with Crippen molar-refractivity contribution in [2.45, 2.75) is 57.1 Å². The maximum atomic E-state index is 14.4. The van der Waals surface area contributed by atoms with Crippen LogP contribution in [0.5, 0.6) is 0 Å². The zero-order valence-electron chi connectivity index (χ0n) is 22.6. The third-order valence-electron chi connectivity index (χ3n) is 8.11. The predicted octanol–water partition coefficient (Wildman–Crippen LogP) is 5.68. The van der Waals surface area contributed by atoms with Gasteiger partial charge < -0.3 is 19.4 Å². The van der Waals surface area contributed by atoms with Gasteiger partial charge in [0.25, 0.3) is 0 Å². The summed E-state index contributed by atoms with van der Waals surface area (Å²) in [4.78, 5) is 9.81. The van der Waals surface area contributed by atoms with Gasteiger partial charge in [-0.2, -0.15) is 0 Å². The van der Waals surface area contributed by atoms with Gasteiger partial charge in [0.05, 0.1) is 5.60 Å². The summed E-state index contributed by atoms with van der Waals surface area (Å²) in [6.45, 7) is 3.26. The van der Waals surface area contributed by atoms with Gasteiger partial charge in [-0.1, -0.05) is 12.1 Å². The fraction of sp³-hybridized carbons (Fsp3) is 0.355. The molecule has 2 N–H and O–H groups in total. The highest BCUT2D eigenvalue weighted by atomic mass is 19.1. The number of hydrogen-bond acceptors (Lipinski definition) is 7. The Morgan fingerprint density at radius 3 is 2.67 bits per heavy atom. The van der Waals surface area contributed by atoms with Crippen molar-refractivity contribution >= 4 is 11.1 Å². The summed E-state index contributed by atoms with van der Waals surface area (Å²) in [5.74, 6) is 1.11. The second kappa shape index (κ2) is 9.60. The van der Waals surface area contributed by atoms with E-state index in [4.69, 9.17) is 14.4 Å². The predicted molar refractivity (Wildman–Crippen MR) is 150 cm³/mol. The molecule has 2 saturated carbocycles. The zero-order valence-corrected chi connectivity index (χ0v) is 22.6. The molecule has 8 nitrogen and oxygen atoms in total. The third-order valence-corrected chi connectivity index (χ3v) is 8.11. The number of aromatic nitrogens is 5. The van der Waals surface area contributed by atoms with Gasteiger partial charge in [-0.25, -0.2) is 14.4 Å². The summed E-state index contributed by atoms with van der Waals surface area (Å²) >= 11 is 0. The summed E-state index contributed by atoms with van der Waals surface area (Å²) < 4.78 is 22.5. The van der Waals surface area contributed by atoms with Crippen molar-refractivity contribution in [1.82, 2.24) is 30.0 Å². The number of aryl methyl sites for hydroxylation is 2. The molecule has 2 fully saturated rings. The molecule has 0 saturated heterocycles. The number of oxazole rings is 1. The van der Waals surface area contributed by atoms with Gasteiger partial charge in [0.15, 0.2) is 11.4 Å². The van der Waals surface area contributed by atoms with Gasteiger partial charge in [-0.3, -0.25) is 0 Å². The Morgan fingerprint density at radius 2 is 1.95 bits per heavy atom. The molecule has 2 aromatic carbocycles. The van der Waals surface area contributed by atoms with Gasteiger partial charge in [-0.15, -0.1) is 10.2 Å². The first-order valence-electron chi connectivity index (χ1n) is 13.9. The number of benzene rings is 2. The molecular formula is C31H31FN6O2.